The molecule has 0 spiro atoms. The quantitative estimate of drug-likeness (QED) is 0.665. The molecular weight excluding hydrogens is 326 g/mol. The average molecular weight is 360 g/mol. The van der Waals surface area contributed by atoms with Gasteiger partial charge in [0.25, 0.3) is 0 Å². The van der Waals surface area contributed by atoms with Crippen LogP contribution in [0.5, 0.6) is 0 Å². The third-order valence-electron chi connectivity index (χ3n) is 5.12. The van der Waals surface area contributed by atoms with Crippen molar-refractivity contribution in [3.8, 4) is 0 Å². The maximum atomic E-state index is 13.0. The van der Waals surface area contributed by atoms with Crippen molar-refractivity contribution in [1.82, 2.24) is 10.2 Å². The molecule has 2 rings (SSSR count). The Morgan fingerprint density at radius 3 is 2.50 bits per heavy atom. The van der Waals surface area contributed by atoms with E-state index in [-0.39, 0.29) is 11.8 Å². The van der Waals surface area contributed by atoms with E-state index in [4.69, 9.17) is 5.73 Å². The van der Waals surface area contributed by atoms with Gasteiger partial charge in [-0.25, -0.2) is 0 Å². The average Bonchev–Trinajstić information content (AvgIpc) is 2.66. The number of nitrogens with two attached hydrogens (primary N) is 1. The first-order valence-corrected chi connectivity index (χ1v) is 9.92. The summed E-state index contributed by atoms with van der Waals surface area (Å²) in [7, 11) is 0. The molecule has 144 valence electrons. The zero-order chi connectivity index (χ0) is 18.8. The first-order chi connectivity index (χ1) is 12.6. The second-order valence-electron chi connectivity index (χ2n) is 7.42. The molecule has 26 heavy (non-hydrogen) atoms. The number of carbonyl (C=O) groups excluding carboxylic acids is 2. The Morgan fingerprint density at radius 1 is 1.15 bits per heavy atom. The molecule has 1 saturated heterocycles. The molecule has 0 radical (unpaired) electrons. The van der Waals surface area contributed by atoms with Crippen LogP contribution < -0.4 is 11.1 Å². The standard InChI is InChI=1S/C21H33N3O2/c1-17-11-14-24(15-12-17)21(26)19(16-18-8-4-2-5-9-18)23-20(25)10-6-3-7-13-22/h2,4-5,8-9,17,19H,3,6-7,10-16,22H2,1H3,(H,23,25). The van der Waals surface area contributed by atoms with E-state index in [1.165, 1.54) is 0 Å². The van der Waals surface area contributed by atoms with Gasteiger partial charge in [0.1, 0.15) is 6.04 Å². The summed E-state index contributed by atoms with van der Waals surface area (Å²) in [6.45, 7) is 4.46. The fourth-order valence-electron chi connectivity index (χ4n) is 3.37. The van der Waals surface area contributed by atoms with Crippen molar-refractivity contribution in [1.29, 1.82) is 0 Å². The van der Waals surface area contributed by atoms with Crippen molar-refractivity contribution in [3.63, 3.8) is 0 Å². The van der Waals surface area contributed by atoms with Gasteiger partial charge in [0.15, 0.2) is 0 Å². The maximum Gasteiger partial charge on any atom is 0.245 e. The fraction of sp³-hybridized carbons (Fsp3) is 0.619. The second-order valence-corrected chi connectivity index (χ2v) is 7.42. The van der Waals surface area contributed by atoms with Gasteiger partial charge in [0.05, 0.1) is 0 Å². The van der Waals surface area contributed by atoms with E-state index < -0.39 is 6.04 Å². The molecule has 5 heteroatoms. The molecule has 0 aliphatic carbocycles. The van der Waals surface area contributed by atoms with Crippen LogP contribution in [-0.4, -0.2) is 42.4 Å². The second kappa shape index (κ2) is 11.0. The number of nitrogens with zero attached hydrogens (tertiary/aromatic N) is 1. The molecule has 1 aliphatic heterocycles. The van der Waals surface area contributed by atoms with Gasteiger partial charge < -0.3 is 16.0 Å². The van der Waals surface area contributed by atoms with Crippen LogP contribution in [0, 0.1) is 5.92 Å². The molecule has 0 aromatic heterocycles. The van der Waals surface area contributed by atoms with Crippen LogP contribution in [0.25, 0.3) is 0 Å². The Bertz CT molecular complexity index is 554. The van der Waals surface area contributed by atoms with Crippen LogP contribution in [0.1, 0.15) is 51.0 Å². The van der Waals surface area contributed by atoms with Gasteiger partial charge in [-0.1, -0.05) is 43.7 Å². The largest absolute Gasteiger partial charge is 0.344 e. The molecule has 1 aromatic carbocycles. The number of carbonyl (C=O) groups is 2. The lowest BCUT2D eigenvalue weighted by atomic mass is 9.97. The van der Waals surface area contributed by atoms with Crippen LogP contribution in [0.4, 0.5) is 0 Å². The Morgan fingerprint density at radius 2 is 1.85 bits per heavy atom. The van der Waals surface area contributed by atoms with Crippen molar-refractivity contribution in [2.24, 2.45) is 11.7 Å². The van der Waals surface area contributed by atoms with Gasteiger partial charge in [-0.05, 0) is 43.7 Å². The van der Waals surface area contributed by atoms with Gasteiger partial charge in [-0.15, -0.1) is 0 Å². The minimum Gasteiger partial charge on any atom is -0.344 e. The van der Waals surface area contributed by atoms with Crippen molar-refractivity contribution < 1.29 is 9.59 Å². The highest BCUT2D eigenvalue weighted by Crippen LogP contribution is 2.17. The molecule has 1 heterocycles. The third-order valence-corrected chi connectivity index (χ3v) is 5.12. The minimum atomic E-state index is -0.479. The van der Waals surface area contributed by atoms with E-state index in [1.54, 1.807) is 0 Å². The lowest BCUT2D eigenvalue weighted by molar-refractivity contribution is -0.137. The summed E-state index contributed by atoms with van der Waals surface area (Å²) < 4.78 is 0. The zero-order valence-corrected chi connectivity index (χ0v) is 16.0. The molecule has 5 nitrogen and oxygen atoms in total. The summed E-state index contributed by atoms with van der Waals surface area (Å²) in [5, 5.41) is 2.99. The number of piperidine rings is 1. The van der Waals surface area contributed by atoms with Crippen LogP contribution >= 0.6 is 0 Å². The summed E-state index contributed by atoms with van der Waals surface area (Å²) in [6, 6.07) is 9.43. The Hall–Kier alpha value is -1.88. The van der Waals surface area contributed by atoms with Crippen LogP contribution in [0.3, 0.4) is 0 Å². The molecule has 1 unspecified atom stereocenters. The topological polar surface area (TPSA) is 75.4 Å². The number of hydrogen-bond donors (Lipinski definition) is 2. The molecule has 0 bridgehead atoms. The lowest BCUT2D eigenvalue weighted by Crippen LogP contribution is -2.51. The van der Waals surface area contributed by atoms with Gasteiger partial charge in [0, 0.05) is 25.9 Å². The molecule has 3 N–H and O–H groups in total. The van der Waals surface area contributed by atoms with Gasteiger partial charge in [-0.3, -0.25) is 9.59 Å². The predicted octanol–water partition coefficient (Wildman–Crippen LogP) is 2.49. The number of unbranched alkanes of at least 4 members (excludes halogenated alkanes) is 2. The van der Waals surface area contributed by atoms with E-state index in [1.807, 2.05) is 35.2 Å². The monoisotopic (exact) mass is 359 g/mol. The summed E-state index contributed by atoms with van der Waals surface area (Å²) in [5.74, 6) is 0.682. The highest BCUT2D eigenvalue weighted by molar-refractivity contribution is 5.88. The molecule has 0 saturated carbocycles. The fourth-order valence-corrected chi connectivity index (χ4v) is 3.37. The van der Waals surface area contributed by atoms with E-state index in [0.717, 1.165) is 50.8 Å². The number of rotatable bonds is 9. The molecule has 1 aromatic rings. The highest BCUT2D eigenvalue weighted by atomic mass is 16.2. The third kappa shape index (κ3) is 6.79. The Labute approximate surface area is 157 Å². The first kappa shape index (κ1) is 20.4. The number of hydrogen-bond acceptors (Lipinski definition) is 3. The minimum absolute atomic E-state index is 0.0401. The van der Waals surface area contributed by atoms with Gasteiger partial charge in [-0.2, -0.15) is 0 Å². The zero-order valence-electron chi connectivity index (χ0n) is 16.0. The molecular formula is C21H33N3O2. The summed E-state index contributed by atoms with van der Waals surface area (Å²) in [5.41, 5.74) is 6.56. The molecule has 1 aliphatic rings. The van der Waals surface area contributed by atoms with Crippen molar-refractivity contribution in [2.45, 2.75) is 57.9 Å². The van der Waals surface area contributed by atoms with Crippen molar-refractivity contribution in [2.75, 3.05) is 19.6 Å². The lowest BCUT2D eigenvalue weighted by Gasteiger charge is -2.33. The van der Waals surface area contributed by atoms with E-state index >= 15 is 0 Å². The smallest absolute Gasteiger partial charge is 0.245 e. The van der Waals surface area contributed by atoms with Crippen LogP contribution in [-0.2, 0) is 16.0 Å². The normalized spacial score (nSPS) is 16.3. The van der Waals surface area contributed by atoms with Gasteiger partial charge in [0.2, 0.25) is 11.8 Å². The summed E-state index contributed by atoms with van der Waals surface area (Å²) in [6.07, 6.45) is 5.77. The SMILES string of the molecule is CC1CCN(C(=O)C(Cc2ccccc2)NC(=O)CCCCCN)CC1. The molecule has 1 atom stereocenters. The summed E-state index contributed by atoms with van der Waals surface area (Å²) >= 11 is 0. The molecule has 2 amide bonds. The summed E-state index contributed by atoms with van der Waals surface area (Å²) in [4.78, 5) is 27.3. The number of benzene rings is 1. The van der Waals surface area contributed by atoms with Crippen molar-refractivity contribution in [3.05, 3.63) is 35.9 Å². The van der Waals surface area contributed by atoms with E-state index in [9.17, 15) is 9.59 Å². The van der Waals surface area contributed by atoms with Gasteiger partial charge >= 0.3 is 0 Å². The predicted molar refractivity (Wildman–Crippen MR) is 105 cm³/mol. The highest BCUT2D eigenvalue weighted by Gasteiger charge is 2.28. The first-order valence-electron chi connectivity index (χ1n) is 9.92. The van der Waals surface area contributed by atoms with Crippen LogP contribution in [0.2, 0.25) is 0 Å². The molecule has 1 fully saturated rings. The number of amides is 2. The number of nitrogens with one attached hydrogen (secondary N) is 1. The van der Waals surface area contributed by atoms with Crippen molar-refractivity contribution >= 4 is 11.8 Å². The van der Waals surface area contributed by atoms with E-state index in [0.29, 0.717) is 25.3 Å². The Kier molecular flexibility index (Phi) is 8.62. The maximum absolute atomic E-state index is 13.0. The van der Waals surface area contributed by atoms with E-state index in [2.05, 4.69) is 12.2 Å². The number of likely N-dealkylation sites (tertiary alicyclic amines) is 1. The Balaban J connectivity index is 1.96. The van der Waals surface area contributed by atoms with Crippen LogP contribution in [0.15, 0.2) is 30.3 Å².